The number of aromatic nitrogens is 1. The molecule has 1 amide bonds. The number of pyridine rings is 1. The maximum absolute atomic E-state index is 12.0. The van der Waals surface area contributed by atoms with Gasteiger partial charge in [0.1, 0.15) is 11.5 Å². The first-order chi connectivity index (χ1) is 8.58. The lowest BCUT2D eigenvalue weighted by Crippen LogP contribution is -2.38. The number of carbonyl (C=O) groups is 1. The molecule has 0 aliphatic carbocycles. The first-order valence-electron chi connectivity index (χ1n) is 5.46. The lowest BCUT2D eigenvalue weighted by molar-refractivity contribution is 0.0931. The zero-order chi connectivity index (χ0) is 13.5. The number of oxime groups is 1. The highest BCUT2D eigenvalue weighted by Crippen LogP contribution is 2.13. The number of hydrogen-bond donors (Lipinski definition) is 3. The number of nitrogens with two attached hydrogens (primary N) is 1. The van der Waals surface area contributed by atoms with E-state index in [-0.39, 0.29) is 17.8 Å². The van der Waals surface area contributed by atoms with Crippen LogP contribution in [0.25, 0.3) is 0 Å². The Kier molecular flexibility index (Phi) is 5.57. The van der Waals surface area contributed by atoms with Crippen LogP contribution in [0.4, 0.5) is 0 Å². The molecule has 0 aliphatic rings. The average Bonchev–Trinajstić information content (AvgIpc) is 2.38. The fourth-order valence-electron chi connectivity index (χ4n) is 1.40. The summed E-state index contributed by atoms with van der Waals surface area (Å²) in [6.45, 7) is 1.91. The van der Waals surface area contributed by atoms with Gasteiger partial charge < -0.3 is 16.3 Å². The van der Waals surface area contributed by atoms with Gasteiger partial charge in [0, 0.05) is 23.1 Å². The van der Waals surface area contributed by atoms with Gasteiger partial charge in [-0.15, -0.1) is 0 Å². The van der Waals surface area contributed by atoms with Crippen LogP contribution in [0, 0.1) is 0 Å². The minimum atomic E-state index is -0.292. The summed E-state index contributed by atoms with van der Waals surface area (Å²) in [6.07, 6.45) is 2.51. The van der Waals surface area contributed by atoms with Crippen molar-refractivity contribution in [1.82, 2.24) is 10.3 Å². The lowest BCUT2D eigenvalue weighted by Gasteiger charge is -2.16. The van der Waals surface area contributed by atoms with Gasteiger partial charge in [0.25, 0.3) is 5.91 Å². The largest absolute Gasteiger partial charge is 0.409 e. The maximum atomic E-state index is 12.0. The second-order valence-corrected chi connectivity index (χ2v) is 4.56. The normalized spacial score (nSPS) is 13.1. The van der Waals surface area contributed by atoms with E-state index >= 15 is 0 Å². The number of halogens is 1. The van der Waals surface area contributed by atoms with E-state index in [1.807, 2.05) is 6.92 Å². The maximum Gasteiger partial charge on any atom is 0.271 e. The van der Waals surface area contributed by atoms with Crippen LogP contribution in [0.15, 0.2) is 28.0 Å². The smallest absolute Gasteiger partial charge is 0.271 e. The van der Waals surface area contributed by atoms with Crippen molar-refractivity contribution >= 4 is 27.7 Å². The van der Waals surface area contributed by atoms with Crippen LogP contribution in [-0.4, -0.2) is 28.0 Å². The zero-order valence-corrected chi connectivity index (χ0v) is 11.5. The van der Waals surface area contributed by atoms with Crippen molar-refractivity contribution in [2.24, 2.45) is 10.9 Å². The van der Waals surface area contributed by atoms with E-state index in [2.05, 4.69) is 31.4 Å². The molecule has 1 rings (SSSR count). The molecule has 4 N–H and O–H groups in total. The SMILES string of the molecule is CCC(C/C(N)=N/O)NC(=O)c1ncccc1Br. The molecular formula is C11H15BrN4O2. The molecule has 0 bridgehead atoms. The number of nitrogens with one attached hydrogen (secondary N) is 1. The van der Waals surface area contributed by atoms with Crippen LogP contribution in [-0.2, 0) is 0 Å². The minimum absolute atomic E-state index is 0.0854. The van der Waals surface area contributed by atoms with E-state index in [0.29, 0.717) is 23.0 Å². The van der Waals surface area contributed by atoms with Gasteiger partial charge in [-0.3, -0.25) is 4.79 Å². The fourth-order valence-corrected chi connectivity index (χ4v) is 1.83. The highest BCUT2D eigenvalue weighted by molar-refractivity contribution is 9.10. The summed E-state index contributed by atoms with van der Waals surface area (Å²) >= 11 is 3.26. The van der Waals surface area contributed by atoms with E-state index in [1.165, 1.54) is 0 Å². The van der Waals surface area contributed by atoms with E-state index in [4.69, 9.17) is 10.9 Å². The second-order valence-electron chi connectivity index (χ2n) is 3.71. The Morgan fingerprint density at radius 2 is 2.44 bits per heavy atom. The third kappa shape index (κ3) is 3.99. The van der Waals surface area contributed by atoms with Crippen molar-refractivity contribution in [1.29, 1.82) is 0 Å². The summed E-state index contributed by atoms with van der Waals surface area (Å²) < 4.78 is 0.626. The van der Waals surface area contributed by atoms with Crippen LogP contribution in [0.1, 0.15) is 30.3 Å². The summed E-state index contributed by atoms with van der Waals surface area (Å²) in [5, 5.41) is 14.2. The first kappa shape index (κ1) is 14.4. The predicted octanol–water partition coefficient (Wildman–Crippen LogP) is 1.49. The van der Waals surface area contributed by atoms with Crippen LogP contribution < -0.4 is 11.1 Å². The molecule has 1 unspecified atom stereocenters. The summed E-state index contributed by atoms with van der Waals surface area (Å²) in [5.74, 6) is -0.206. The molecule has 0 saturated carbocycles. The van der Waals surface area contributed by atoms with Gasteiger partial charge in [0.15, 0.2) is 0 Å². The van der Waals surface area contributed by atoms with Crippen molar-refractivity contribution in [2.75, 3.05) is 0 Å². The molecule has 18 heavy (non-hydrogen) atoms. The molecule has 1 aromatic heterocycles. The molecule has 0 spiro atoms. The Labute approximate surface area is 113 Å². The molecule has 1 heterocycles. The molecule has 0 aliphatic heterocycles. The third-order valence-electron chi connectivity index (χ3n) is 2.39. The number of hydrogen-bond acceptors (Lipinski definition) is 4. The molecule has 98 valence electrons. The van der Waals surface area contributed by atoms with Crippen molar-refractivity contribution in [2.45, 2.75) is 25.8 Å². The van der Waals surface area contributed by atoms with Crippen LogP contribution in [0.2, 0.25) is 0 Å². The molecule has 1 atom stereocenters. The molecule has 0 fully saturated rings. The minimum Gasteiger partial charge on any atom is -0.409 e. The third-order valence-corrected chi connectivity index (χ3v) is 3.03. The molecule has 0 radical (unpaired) electrons. The second kappa shape index (κ2) is 6.95. The van der Waals surface area contributed by atoms with Crippen molar-refractivity contribution in [3.8, 4) is 0 Å². The van der Waals surface area contributed by atoms with Crippen molar-refractivity contribution in [3.63, 3.8) is 0 Å². The summed E-state index contributed by atoms with van der Waals surface area (Å²) in [6, 6.07) is 3.28. The Bertz CT molecular complexity index is 450. The number of rotatable bonds is 5. The standard InChI is InChI=1S/C11H15BrN4O2/c1-2-7(6-9(13)16-18)15-11(17)10-8(12)4-3-5-14-10/h3-5,7,18H,2,6H2,1H3,(H2,13,16)(H,15,17). The summed E-state index contributed by atoms with van der Waals surface area (Å²) in [7, 11) is 0. The lowest BCUT2D eigenvalue weighted by atomic mass is 10.1. The van der Waals surface area contributed by atoms with Gasteiger partial charge in [-0.2, -0.15) is 0 Å². The van der Waals surface area contributed by atoms with Gasteiger partial charge in [0.2, 0.25) is 0 Å². The van der Waals surface area contributed by atoms with Crippen molar-refractivity contribution < 1.29 is 10.0 Å². The first-order valence-corrected chi connectivity index (χ1v) is 6.25. The Morgan fingerprint density at radius 3 is 3.00 bits per heavy atom. The van der Waals surface area contributed by atoms with Gasteiger partial charge >= 0.3 is 0 Å². The predicted molar refractivity (Wildman–Crippen MR) is 71.5 cm³/mol. The van der Waals surface area contributed by atoms with Gasteiger partial charge in [-0.05, 0) is 34.5 Å². The molecule has 7 heteroatoms. The van der Waals surface area contributed by atoms with E-state index < -0.39 is 0 Å². The highest BCUT2D eigenvalue weighted by atomic mass is 79.9. The number of amidine groups is 1. The number of carbonyl (C=O) groups excluding carboxylic acids is 1. The van der Waals surface area contributed by atoms with Crippen LogP contribution >= 0.6 is 15.9 Å². The Morgan fingerprint density at radius 1 is 1.72 bits per heavy atom. The number of amides is 1. The fraction of sp³-hybridized carbons (Fsp3) is 0.364. The zero-order valence-electron chi connectivity index (χ0n) is 9.93. The summed E-state index contributed by atoms with van der Waals surface area (Å²) in [5.41, 5.74) is 5.73. The van der Waals surface area contributed by atoms with Crippen molar-refractivity contribution in [3.05, 3.63) is 28.5 Å². The number of nitrogens with zero attached hydrogens (tertiary/aromatic N) is 2. The summed E-state index contributed by atoms with van der Waals surface area (Å²) in [4.78, 5) is 16.0. The van der Waals surface area contributed by atoms with Crippen LogP contribution in [0.3, 0.4) is 0 Å². The quantitative estimate of drug-likeness (QED) is 0.332. The monoisotopic (exact) mass is 314 g/mol. The highest BCUT2D eigenvalue weighted by Gasteiger charge is 2.16. The van der Waals surface area contributed by atoms with E-state index in [0.717, 1.165) is 0 Å². The average molecular weight is 315 g/mol. The Balaban J connectivity index is 2.71. The van der Waals surface area contributed by atoms with Crippen LogP contribution in [0.5, 0.6) is 0 Å². The van der Waals surface area contributed by atoms with Gasteiger partial charge in [-0.1, -0.05) is 12.1 Å². The topological polar surface area (TPSA) is 101 Å². The molecule has 0 aromatic carbocycles. The molecule has 6 nitrogen and oxygen atoms in total. The van der Waals surface area contributed by atoms with Gasteiger partial charge in [-0.25, -0.2) is 4.98 Å². The molecule has 1 aromatic rings. The Hall–Kier alpha value is -1.63. The molecule has 0 saturated heterocycles. The van der Waals surface area contributed by atoms with Gasteiger partial charge in [0.05, 0.1) is 0 Å². The van der Waals surface area contributed by atoms with E-state index in [1.54, 1.807) is 18.3 Å². The van der Waals surface area contributed by atoms with E-state index in [9.17, 15) is 4.79 Å². The molecular weight excluding hydrogens is 300 g/mol.